The van der Waals surface area contributed by atoms with Crippen LogP contribution in [0.15, 0.2) is 36.6 Å². The molecule has 0 saturated heterocycles. The van der Waals surface area contributed by atoms with Crippen molar-refractivity contribution in [2.45, 2.75) is 13.3 Å². The lowest BCUT2D eigenvalue weighted by Crippen LogP contribution is -1.55. The molecule has 0 bridgehead atoms. The molecule has 0 radical (unpaired) electrons. The van der Waals surface area contributed by atoms with Crippen molar-refractivity contribution in [3.05, 3.63) is 36.6 Å². The smallest absolute Gasteiger partial charge is 0.0791 e. The highest BCUT2D eigenvalue weighted by molar-refractivity contribution is 5.01. The second-order valence-electron chi connectivity index (χ2n) is 1.57. The molecule has 0 fully saturated rings. The first kappa shape index (κ1) is 8.02. The summed E-state index contributed by atoms with van der Waals surface area (Å²) in [5.41, 5.74) is 0. The molecule has 1 heteroatoms. The minimum absolute atomic E-state index is 0.931. The second kappa shape index (κ2) is 7.02. The highest BCUT2D eigenvalue weighted by Crippen LogP contribution is 1.85. The van der Waals surface area contributed by atoms with E-state index >= 15 is 0 Å². The van der Waals surface area contributed by atoms with Crippen molar-refractivity contribution in [1.29, 1.82) is 0 Å². The van der Waals surface area contributed by atoms with Crippen LogP contribution >= 0.6 is 0 Å². The van der Waals surface area contributed by atoms with Crippen LogP contribution in [0, 0.1) is 0 Å². The predicted molar refractivity (Wildman–Crippen MR) is 40.3 cm³/mol. The van der Waals surface area contributed by atoms with Crippen molar-refractivity contribution in [2.24, 2.45) is 0 Å². The Morgan fingerprint density at radius 3 is 2.56 bits per heavy atom. The van der Waals surface area contributed by atoms with E-state index in [0.717, 1.165) is 12.7 Å². The van der Waals surface area contributed by atoms with Crippen LogP contribution in [-0.2, 0) is 0 Å². The van der Waals surface area contributed by atoms with Gasteiger partial charge in [-0.15, -0.1) is 0 Å². The highest BCUT2D eigenvalue weighted by Gasteiger charge is 1.64. The van der Waals surface area contributed by atoms with Gasteiger partial charge in [0.1, 0.15) is 0 Å². The fourth-order valence-corrected chi connectivity index (χ4v) is 0.421. The molecule has 0 atom stereocenters. The zero-order valence-corrected chi connectivity index (χ0v) is 5.62. The molecular weight excluding hydrogens is 112 g/mol. The quantitative estimate of drug-likeness (QED) is 0.348. The van der Waals surface area contributed by atoms with Gasteiger partial charge in [-0.05, 0) is 19.4 Å². The Bertz CT molecular complexity index is 121. The fraction of sp³-hybridized carbons (Fsp3) is 0.250. The van der Waals surface area contributed by atoms with E-state index in [2.05, 4.69) is 0 Å². The normalized spacial score (nSPS) is 12.6. The molecule has 0 aliphatic heterocycles. The first-order chi connectivity index (χ1) is 4.41. The molecule has 0 aromatic rings. The molecule has 0 unspecified atom stereocenters. The first-order valence-corrected chi connectivity index (χ1v) is 2.99. The number of hydrogen-bond acceptors (Lipinski definition) is 1. The third-order valence-electron chi connectivity index (χ3n) is 0.841. The van der Waals surface area contributed by atoms with Crippen LogP contribution in [0.2, 0.25) is 0 Å². The van der Waals surface area contributed by atoms with Crippen molar-refractivity contribution < 1.29 is 5.11 Å². The molecule has 1 N–H and O–H groups in total. The van der Waals surface area contributed by atoms with E-state index in [1.807, 2.05) is 25.2 Å². The molecule has 0 aliphatic rings. The van der Waals surface area contributed by atoms with E-state index in [1.165, 1.54) is 0 Å². The number of allylic oxidation sites excluding steroid dienone is 5. The van der Waals surface area contributed by atoms with Crippen molar-refractivity contribution in [3.8, 4) is 0 Å². The largest absolute Gasteiger partial charge is 0.516 e. The average molecular weight is 124 g/mol. The van der Waals surface area contributed by atoms with Gasteiger partial charge in [-0.25, -0.2) is 0 Å². The SMILES string of the molecule is CC=CCC=CC=CO. The van der Waals surface area contributed by atoms with E-state index in [9.17, 15) is 0 Å². The summed E-state index contributed by atoms with van der Waals surface area (Å²) < 4.78 is 0. The lowest BCUT2D eigenvalue weighted by molar-refractivity contribution is 0.473. The Balaban J connectivity index is 3.25. The van der Waals surface area contributed by atoms with Gasteiger partial charge in [-0.3, -0.25) is 0 Å². The van der Waals surface area contributed by atoms with Gasteiger partial charge >= 0.3 is 0 Å². The van der Waals surface area contributed by atoms with Crippen LogP contribution in [0.25, 0.3) is 0 Å². The van der Waals surface area contributed by atoms with Crippen molar-refractivity contribution in [3.63, 3.8) is 0 Å². The van der Waals surface area contributed by atoms with Gasteiger partial charge in [0.25, 0.3) is 0 Å². The maximum Gasteiger partial charge on any atom is 0.0791 e. The Morgan fingerprint density at radius 1 is 1.22 bits per heavy atom. The Hall–Kier alpha value is -0.980. The van der Waals surface area contributed by atoms with Crippen LogP contribution in [0.1, 0.15) is 13.3 Å². The molecule has 0 spiro atoms. The standard InChI is InChI=1S/C8H12O/c1-2-3-4-5-6-7-8-9/h2-3,5-9H,4H2,1H3. The van der Waals surface area contributed by atoms with E-state index in [1.54, 1.807) is 12.2 Å². The highest BCUT2D eigenvalue weighted by atomic mass is 16.2. The first-order valence-electron chi connectivity index (χ1n) is 2.99. The Morgan fingerprint density at radius 2 is 2.00 bits per heavy atom. The topological polar surface area (TPSA) is 20.2 Å². The predicted octanol–water partition coefficient (Wildman–Crippen LogP) is 2.58. The zero-order chi connectivity index (χ0) is 6.95. The fourth-order valence-electron chi connectivity index (χ4n) is 0.421. The van der Waals surface area contributed by atoms with Gasteiger partial charge in [-0.2, -0.15) is 0 Å². The van der Waals surface area contributed by atoms with Gasteiger partial charge in [0.05, 0.1) is 6.26 Å². The van der Waals surface area contributed by atoms with Crippen molar-refractivity contribution >= 4 is 0 Å². The molecule has 0 aliphatic carbocycles. The molecule has 0 heterocycles. The molecule has 1 nitrogen and oxygen atoms in total. The third-order valence-corrected chi connectivity index (χ3v) is 0.841. The minimum Gasteiger partial charge on any atom is -0.516 e. The Kier molecular flexibility index (Phi) is 6.26. The maximum absolute atomic E-state index is 8.17. The van der Waals surface area contributed by atoms with E-state index in [0.29, 0.717) is 0 Å². The maximum atomic E-state index is 8.17. The molecule has 0 amide bonds. The van der Waals surface area contributed by atoms with Gasteiger partial charge < -0.3 is 5.11 Å². The zero-order valence-electron chi connectivity index (χ0n) is 5.62. The van der Waals surface area contributed by atoms with Crippen LogP contribution < -0.4 is 0 Å². The van der Waals surface area contributed by atoms with Gasteiger partial charge in [0.2, 0.25) is 0 Å². The summed E-state index contributed by atoms with van der Waals surface area (Å²) in [4.78, 5) is 0. The van der Waals surface area contributed by atoms with Gasteiger partial charge in [0.15, 0.2) is 0 Å². The van der Waals surface area contributed by atoms with Crippen LogP contribution in [0.3, 0.4) is 0 Å². The van der Waals surface area contributed by atoms with Crippen LogP contribution in [0.4, 0.5) is 0 Å². The molecule has 0 rings (SSSR count). The summed E-state index contributed by atoms with van der Waals surface area (Å²) >= 11 is 0. The molecule has 0 saturated carbocycles. The summed E-state index contributed by atoms with van der Waals surface area (Å²) in [7, 11) is 0. The van der Waals surface area contributed by atoms with Crippen molar-refractivity contribution in [1.82, 2.24) is 0 Å². The summed E-state index contributed by atoms with van der Waals surface area (Å²) in [6.45, 7) is 1.98. The number of aliphatic hydroxyl groups is 1. The van der Waals surface area contributed by atoms with Gasteiger partial charge in [0, 0.05) is 0 Å². The molecular formula is C8H12O. The number of hydrogen-bond donors (Lipinski definition) is 1. The van der Waals surface area contributed by atoms with E-state index in [-0.39, 0.29) is 0 Å². The third kappa shape index (κ3) is 7.02. The lowest BCUT2D eigenvalue weighted by Gasteiger charge is -1.75. The summed E-state index contributed by atoms with van der Waals surface area (Å²) in [6, 6.07) is 0. The lowest BCUT2D eigenvalue weighted by atomic mass is 10.3. The van der Waals surface area contributed by atoms with Gasteiger partial charge in [-0.1, -0.05) is 24.3 Å². The van der Waals surface area contributed by atoms with E-state index < -0.39 is 0 Å². The van der Waals surface area contributed by atoms with Crippen LogP contribution in [0.5, 0.6) is 0 Å². The Labute approximate surface area is 56.0 Å². The molecule has 0 aromatic heterocycles. The minimum atomic E-state index is 0.931. The van der Waals surface area contributed by atoms with E-state index in [4.69, 9.17) is 5.11 Å². The molecule has 9 heavy (non-hydrogen) atoms. The van der Waals surface area contributed by atoms with Crippen molar-refractivity contribution in [2.75, 3.05) is 0 Å². The summed E-state index contributed by atoms with van der Waals surface area (Å²) in [6.07, 6.45) is 11.3. The average Bonchev–Trinajstić information content (AvgIpc) is 1.89. The summed E-state index contributed by atoms with van der Waals surface area (Å²) in [5.74, 6) is 0. The number of rotatable bonds is 3. The monoisotopic (exact) mass is 124 g/mol. The molecule has 0 aromatic carbocycles. The second-order valence-corrected chi connectivity index (χ2v) is 1.57. The van der Waals surface area contributed by atoms with Crippen LogP contribution in [-0.4, -0.2) is 5.11 Å². The summed E-state index contributed by atoms with van der Waals surface area (Å²) in [5, 5.41) is 8.17. The molecule has 50 valence electrons. The number of aliphatic hydroxyl groups excluding tert-OH is 1.